The zero-order valence-corrected chi connectivity index (χ0v) is 13.3. The number of nitrogens with one attached hydrogen (secondary N) is 1. The van der Waals surface area contributed by atoms with Crippen LogP contribution >= 0.6 is 11.6 Å². The summed E-state index contributed by atoms with van der Waals surface area (Å²) in [7, 11) is 0. The van der Waals surface area contributed by atoms with Crippen LogP contribution in [-0.2, 0) is 0 Å². The van der Waals surface area contributed by atoms with Gasteiger partial charge in [-0.05, 0) is 49.4 Å². The van der Waals surface area contributed by atoms with Gasteiger partial charge >= 0.3 is 0 Å². The molecule has 108 valence electrons. The fourth-order valence-electron chi connectivity index (χ4n) is 2.78. The zero-order valence-electron chi connectivity index (χ0n) is 12.6. The van der Waals surface area contributed by atoms with Gasteiger partial charge in [-0.2, -0.15) is 0 Å². The minimum atomic E-state index is 0.443. The first-order valence-corrected chi connectivity index (χ1v) is 8.09. The first-order chi connectivity index (χ1) is 9.22. The van der Waals surface area contributed by atoms with Crippen LogP contribution in [-0.4, -0.2) is 6.54 Å². The molecule has 0 heterocycles. The Kier molecular flexibility index (Phi) is 8.16. The van der Waals surface area contributed by atoms with E-state index in [1.807, 2.05) is 6.07 Å². The average Bonchev–Trinajstić information content (AvgIpc) is 2.40. The van der Waals surface area contributed by atoms with Crippen LogP contribution in [0.4, 0.5) is 0 Å². The maximum atomic E-state index is 6.15. The molecule has 0 saturated heterocycles. The van der Waals surface area contributed by atoms with Gasteiger partial charge in [-0.25, -0.2) is 0 Å². The molecule has 1 nitrogen and oxygen atoms in total. The highest BCUT2D eigenvalue weighted by Crippen LogP contribution is 2.30. The lowest BCUT2D eigenvalue weighted by Gasteiger charge is -2.28. The van der Waals surface area contributed by atoms with Crippen molar-refractivity contribution in [2.75, 3.05) is 6.54 Å². The number of benzene rings is 1. The van der Waals surface area contributed by atoms with E-state index in [4.69, 9.17) is 11.6 Å². The first-order valence-electron chi connectivity index (χ1n) is 7.71. The molecule has 1 unspecified atom stereocenters. The van der Waals surface area contributed by atoms with Crippen molar-refractivity contribution in [2.24, 2.45) is 5.92 Å². The van der Waals surface area contributed by atoms with Crippen molar-refractivity contribution in [3.05, 3.63) is 34.9 Å². The molecule has 0 aliphatic rings. The van der Waals surface area contributed by atoms with E-state index in [0.29, 0.717) is 12.0 Å². The third-order valence-corrected chi connectivity index (χ3v) is 3.85. The molecule has 2 heteroatoms. The minimum absolute atomic E-state index is 0.443. The lowest BCUT2D eigenvalue weighted by Crippen LogP contribution is -2.29. The van der Waals surface area contributed by atoms with Gasteiger partial charge < -0.3 is 5.32 Å². The Morgan fingerprint density at radius 2 is 1.74 bits per heavy atom. The van der Waals surface area contributed by atoms with E-state index < -0.39 is 0 Å². The van der Waals surface area contributed by atoms with E-state index in [2.05, 4.69) is 44.3 Å². The topological polar surface area (TPSA) is 12.0 Å². The first kappa shape index (κ1) is 16.5. The molecular weight excluding hydrogens is 254 g/mol. The van der Waals surface area contributed by atoms with Crippen molar-refractivity contribution < 1.29 is 0 Å². The second kappa shape index (κ2) is 9.39. The third kappa shape index (κ3) is 5.54. The van der Waals surface area contributed by atoms with Gasteiger partial charge in [0.2, 0.25) is 0 Å². The Morgan fingerprint density at radius 3 is 2.26 bits per heavy atom. The molecule has 0 spiro atoms. The highest BCUT2D eigenvalue weighted by molar-refractivity contribution is 6.30. The summed E-state index contributed by atoms with van der Waals surface area (Å²) < 4.78 is 0. The molecule has 19 heavy (non-hydrogen) atoms. The highest BCUT2D eigenvalue weighted by Gasteiger charge is 2.21. The summed E-state index contributed by atoms with van der Waals surface area (Å²) in [5.74, 6) is 0.708. The molecule has 0 radical (unpaired) electrons. The van der Waals surface area contributed by atoms with E-state index in [1.54, 1.807) is 0 Å². The number of hydrogen-bond acceptors (Lipinski definition) is 1. The van der Waals surface area contributed by atoms with E-state index in [0.717, 1.165) is 11.6 Å². The lowest BCUT2D eigenvalue weighted by atomic mass is 9.86. The Bertz CT molecular complexity index is 345. The van der Waals surface area contributed by atoms with Crippen molar-refractivity contribution in [2.45, 2.75) is 58.9 Å². The van der Waals surface area contributed by atoms with Gasteiger partial charge in [0.1, 0.15) is 0 Å². The molecule has 1 N–H and O–H groups in total. The Labute approximate surface area is 123 Å². The summed E-state index contributed by atoms with van der Waals surface area (Å²) in [6, 6.07) is 8.78. The van der Waals surface area contributed by atoms with Crippen LogP contribution in [0.3, 0.4) is 0 Å². The van der Waals surface area contributed by atoms with Crippen molar-refractivity contribution in [3.63, 3.8) is 0 Å². The van der Waals surface area contributed by atoms with Gasteiger partial charge in [0.25, 0.3) is 0 Å². The van der Waals surface area contributed by atoms with E-state index >= 15 is 0 Å². The summed E-state index contributed by atoms with van der Waals surface area (Å²) in [6.45, 7) is 7.84. The summed E-state index contributed by atoms with van der Waals surface area (Å²) >= 11 is 6.15. The highest BCUT2D eigenvalue weighted by atomic mass is 35.5. The van der Waals surface area contributed by atoms with Crippen LogP contribution < -0.4 is 5.32 Å². The largest absolute Gasteiger partial charge is 0.310 e. The molecule has 0 aliphatic heterocycles. The van der Waals surface area contributed by atoms with Crippen molar-refractivity contribution in [1.82, 2.24) is 5.32 Å². The van der Waals surface area contributed by atoms with Gasteiger partial charge in [-0.15, -0.1) is 0 Å². The van der Waals surface area contributed by atoms with Gasteiger partial charge in [-0.3, -0.25) is 0 Å². The molecule has 1 atom stereocenters. The maximum absolute atomic E-state index is 6.15. The summed E-state index contributed by atoms with van der Waals surface area (Å²) in [6.07, 6.45) is 6.22. The summed E-state index contributed by atoms with van der Waals surface area (Å²) in [5.41, 5.74) is 1.34. The zero-order chi connectivity index (χ0) is 14.1. The van der Waals surface area contributed by atoms with Crippen molar-refractivity contribution in [1.29, 1.82) is 0 Å². The second-order valence-electron chi connectivity index (χ2n) is 5.32. The molecule has 1 aromatic rings. The van der Waals surface area contributed by atoms with Gasteiger partial charge in [0.05, 0.1) is 0 Å². The third-order valence-electron chi connectivity index (χ3n) is 3.61. The molecule has 0 amide bonds. The minimum Gasteiger partial charge on any atom is -0.310 e. The molecular formula is C17H28ClN. The van der Waals surface area contributed by atoms with Crippen molar-refractivity contribution in [3.8, 4) is 0 Å². The quantitative estimate of drug-likeness (QED) is 0.621. The normalized spacial score (nSPS) is 12.9. The maximum Gasteiger partial charge on any atom is 0.0409 e. The van der Waals surface area contributed by atoms with E-state index in [-0.39, 0.29) is 0 Å². The Balaban J connectivity index is 2.90. The standard InChI is InChI=1S/C17H28ClN/c1-4-8-14(9-5-2)17(19-12-6-3)15-10-7-11-16(18)13-15/h7,10-11,13-14,17,19H,4-6,8-9,12H2,1-3H3. The smallest absolute Gasteiger partial charge is 0.0409 e. The number of rotatable bonds is 9. The molecule has 1 rings (SSSR count). The molecule has 0 aliphatic carbocycles. The summed E-state index contributed by atoms with van der Waals surface area (Å²) in [5, 5.41) is 4.56. The summed E-state index contributed by atoms with van der Waals surface area (Å²) in [4.78, 5) is 0. The fourth-order valence-corrected chi connectivity index (χ4v) is 2.97. The lowest BCUT2D eigenvalue weighted by molar-refractivity contribution is 0.316. The monoisotopic (exact) mass is 281 g/mol. The second-order valence-corrected chi connectivity index (χ2v) is 5.76. The van der Waals surface area contributed by atoms with Crippen LogP contribution in [0.5, 0.6) is 0 Å². The van der Waals surface area contributed by atoms with Gasteiger partial charge in [0, 0.05) is 11.1 Å². The number of hydrogen-bond donors (Lipinski definition) is 1. The van der Waals surface area contributed by atoms with Gasteiger partial charge in [-0.1, -0.05) is 57.3 Å². The number of halogens is 1. The van der Waals surface area contributed by atoms with Crippen LogP contribution in [0.2, 0.25) is 5.02 Å². The van der Waals surface area contributed by atoms with E-state index in [9.17, 15) is 0 Å². The van der Waals surface area contributed by atoms with E-state index in [1.165, 1.54) is 37.7 Å². The average molecular weight is 282 g/mol. The SMILES string of the molecule is CCCNC(c1cccc(Cl)c1)C(CCC)CCC. The molecule has 0 bridgehead atoms. The fraction of sp³-hybridized carbons (Fsp3) is 0.647. The van der Waals surface area contributed by atoms with Crippen molar-refractivity contribution >= 4 is 11.6 Å². The molecule has 0 saturated carbocycles. The van der Waals surface area contributed by atoms with Crippen LogP contribution in [0, 0.1) is 5.92 Å². The van der Waals surface area contributed by atoms with Crippen LogP contribution in [0.15, 0.2) is 24.3 Å². The Hall–Kier alpha value is -0.530. The Morgan fingerprint density at radius 1 is 1.05 bits per heavy atom. The molecule has 1 aromatic carbocycles. The van der Waals surface area contributed by atoms with Crippen LogP contribution in [0.25, 0.3) is 0 Å². The van der Waals surface area contributed by atoms with Gasteiger partial charge in [0.15, 0.2) is 0 Å². The predicted octanol–water partition coefficient (Wildman–Crippen LogP) is 5.60. The molecule has 0 aromatic heterocycles. The predicted molar refractivity (Wildman–Crippen MR) is 85.8 cm³/mol. The molecule has 0 fully saturated rings. The van der Waals surface area contributed by atoms with Crippen LogP contribution in [0.1, 0.15) is 64.5 Å².